The second-order valence-corrected chi connectivity index (χ2v) is 8.72. The maximum Gasteiger partial charge on any atom is 0.126 e. The lowest BCUT2D eigenvalue weighted by Gasteiger charge is -2.23. The Hall–Kier alpha value is -2.98. The second-order valence-electron chi connectivity index (χ2n) is 8.72. The van der Waals surface area contributed by atoms with Crippen LogP contribution in [0.25, 0.3) is 0 Å². The second kappa shape index (κ2) is 15.0. The monoisotopic (exact) mass is 461 g/mol. The van der Waals surface area contributed by atoms with Crippen molar-refractivity contribution in [3.8, 4) is 0 Å². The number of aliphatic imine (C=N–C) groups is 1. The van der Waals surface area contributed by atoms with Crippen LogP contribution in [-0.4, -0.2) is 43.3 Å². The van der Waals surface area contributed by atoms with Gasteiger partial charge in [-0.25, -0.2) is 4.39 Å². The van der Waals surface area contributed by atoms with E-state index in [9.17, 15) is 4.39 Å². The zero-order valence-electron chi connectivity index (χ0n) is 20.7. The molecule has 0 radical (unpaired) electrons. The van der Waals surface area contributed by atoms with Crippen LogP contribution in [-0.2, 0) is 0 Å². The van der Waals surface area contributed by atoms with E-state index >= 15 is 0 Å². The lowest BCUT2D eigenvalue weighted by Crippen LogP contribution is -2.33. The number of rotatable bonds is 9. The van der Waals surface area contributed by atoms with Crippen LogP contribution in [0, 0.1) is 5.82 Å². The SMILES string of the molecule is C=C/C=C(\C=C)CNC(=C)C1CCCN1C.C=CCC1=NCC=C1.Fc1ccccc1C1CC1. The van der Waals surface area contributed by atoms with Gasteiger partial charge in [0.2, 0.25) is 0 Å². The zero-order valence-corrected chi connectivity index (χ0v) is 20.7. The topological polar surface area (TPSA) is 27.6 Å². The average Bonchev–Trinajstić information content (AvgIpc) is 3.38. The van der Waals surface area contributed by atoms with Crippen LogP contribution in [0.1, 0.15) is 43.6 Å². The Kier molecular flexibility index (Phi) is 12.0. The first-order chi connectivity index (χ1) is 16.5. The molecule has 182 valence electrons. The van der Waals surface area contributed by atoms with Crippen molar-refractivity contribution >= 4 is 5.71 Å². The first kappa shape index (κ1) is 27.3. The van der Waals surface area contributed by atoms with E-state index in [1.807, 2.05) is 36.4 Å². The Morgan fingerprint density at radius 3 is 2.50 bits per heavy atom. The molecule has 1 aliphatic carbocycles. The molecule has 2 fully saturated rings. The van der Waals surface area contributed by atoms with Gasteiger partial charge >= 0.3 is 0 Å². The van der Waals surface area contributed by atoms with Crippen LogP contribution in [0.5, 0.6) is 0 Å². The smallest absolute Gasteiger partial charge is 0.126 e. The molecule has 3 nitrogen and oxygen atoms in total. The lowest BCUT2D eigenvalue weighted by molar-refractivity contribution is 0.335. The molecule has 0 amide bonds. The highest BCUT2D eigenvalue weighted by Gasteiger charge is 2.25. The van der Waals surface area contributed by atoms with Crippen molar-refractivity contribution in [1.82, 2.24) is 10.2 Å². The predicted molar refractivity (Wildman–Crippen MR) is 146 cm³/mol. The molecule has 1 atom stereocenters. The first-order valence-corrected chi connectivity index (χ1v) is 12.1. The summed E-state index contributed by atoms with van der Waals surface area (Å²) in [5.41, 5.74) is 4.30. The summed E-state index contributed by atoms with van der Waals surface area (Å²) in [5, 5.41) is 3.37. The van der Waals surface area contributed by atoms with E-state index in [0.717, 1.165) is 42.1 Å². The van der Waals surface area contributed by atoms with Gasteiger partial charge in [-0.1, -0.05) is 68.3 Å². The Morgan fingerprint density at radius 2 is 1.97 bits per heavy atom. The Bertz CT molecular complexity index is 921. The van der Waals surface area contributed by atoms with Gasteiger partial charge in [0.25, 0.3) is 0 Å². The highest BCUT2D eigenvalue weighted by molar-refractivity contribution is 5.97. The van der Waals surface area contributed by atoms with Crippen molar-refractivity contribution in [2.24, 2.45) is 4.99 Å². The molecular weight excluding hydrogens is 421 g/mol. The molecule has 1 saturated heterocycles. The third-order valence-corrected chi connectivity index (χ3v) is 6.02. The molecular formula is C30H40FN3. The van der Waals surface area contributed by atoms with E-state index < -0.39 is 0 Å². The average molecular weight is 462 g/mol. The van der Waals surface area contributed by atoms with Crippen LogP contribution in [0.4, 0.5) is 4.39 Å². The van der Waals surface area contributed by atoms with Crippen molar-refractivity contribution < 1.29 is 4.39 Å². The lowest BCUT2D eigenvalue weighted by atomic mass is 10.1. The summed E-state index contributed by atoms with van der Waals surface area (Å²) in [5.74, 6) is 0.492. The van der Waals surface area contributed by atoms with Gasteiger partial charge in [0.15, 0.2) is 0 Å². The number of nitrogens with zero attached hydrogens (tertiary/aromatic N) is 2. The van der Waals surface area contributed by atoms with E-state index in [-0.39, 0.29) is 5.82 Å². The summed E-state index contributed by atoms with van der Waals surface area (Å²) < 4.78 is 12.9. The van der Waals surface area contributed by atoms with Crippen LogP contribution < -0.4 is 5.32 Å². The van der Waals surface area contributed by atoms with E-state index in [0.29, 0.717) is 12.0 Å². The fraction of sp³-hybridized carbons (Fsp3) is 0.367. The number of hydrogen-bond donors (Lipinski definition) is 1. The minimum Gasteiger partial charge on any atom is -0.383 e. The molecule has 1 saturated carbocycles. The number of halogens is 1. The zero-order chi connectivity index (χ0) is 24.8. The van der Waals surface area contributed by atoms with E-state index in [2.05, 4.69) is 54.6 Å². The van der Waals surface area contributed by atoms with E-state index in [1.165, 1.54) is 38.3 Å². The summed E-state index contributed by atoms with van der Waals surface area (Å²) in [6.45, 7) is 18.0. The Balaban J connectivity index is 0.000000193. The third kappa shape index (κ3) is 9.48. The van der Waals surface area contributed by atoms with E-state index in [1.54, 1.807) is 12.1 Å². The summed E-state index contributed by atoms with van der Waals surface area (Å²) in [7, 11) is 2.15. The van der Waals surface area contributed by atoms with Crippen molar-refractivity contribution in [3.63, 3.8) is 0 Å². The molecule has 0 aromatic heterocycles. The summed E-state index contributed by atoms with van der Waals surface area (Å²) in [6, 6.07) is 7.54. The summed E-state index contributed by atoms with van der Waals surface area (Å²) in [6.07, 6.45) is 17.3. The maximum atomic E-state index is 12.9. The quantitative estimate of drug-likeness (QED) is 0.325. The molecule has 1 N–H and O–H groups in total. The summed E-state index contributed by atoms with van der Waals surface area (Å²) in [4.78, 5) is 6.51. The number of likely N-dealkylation sites (N-methyl/N-ethyl adjacent to an activating group) is 1. The van der Waals surface area contributed by atoms with Gasteiger partial charge < -0.3 is 5.32 Å². The molecule has 0 bridgehead atoms. The largest absolute Gasteiger partial charge is 0.383 e. The molecule has 3 aliphatic rings. The number of hydrogen-bond acceptors (Lipinski definition) is 3. The fourth-order valence-electron chi connectivity index (χ4n) is 3.93. The van der Waals surface area contributed by atoms with E-state index in [4.69, 9.17) is 0 Å². The molecule has 2 heterocycles. The molecule has 2 aliphatic heterocycles. The molecule has 34 heavy (non-hydrogen) atoms. The van der Waals surface area contributed by atoms with Gasteiger partial charge in [-0.2, -0.15) is 0 Å². The molecule has 4 heteroatoms. The van der Waals surface area contributed by atoms with Gasteiger partial charge in [0, 0.05) is 30.4 Å². The van der Waals surface area contributed by atoms with Crippen molar-refractivity contribution in [2.45, 2.75) is 44.1 Å². The van der Waals surface area contributed by atoms with Gasteiger partial charge in [0.05, 0.1) is 6.54 Å². The van der Waals surface area contributed by atoms with Crippen LogP contribution in [0.2, 0.25) is 0 Å². The minimum absolute atomic E-state index is 0.0370. The molecule has 1 unspecified atom stereocenters. The molecule has 0 spiro atoms. The van der Waals surface area contributed by atoms with Crippen molar-refractivity contribution in [1.29, 1.82) is 0 Å². The number of likely N-dealkylation sites (tertiary alicyclic amines) is 1. The van der Waals surface area contributed by atoms with Gasteiger partial charge in [-0.15, -0.1) is 6.58 Å². The molecule has 1 aromatic rings. The van der Waals surface area contributed by atoms with Crippen LogP contribution in [0.15, 0.2) is 103 Å². The maximum absolute atomic E-state index is 12.9. The van der Waals surface area contributed by atoms with Gasteiger partial charge in [-0.3, -0.25) is 9.89 Å². The molecule has 4 rings (SSSR count). The van der Waals surface area contributed by atoms with Crippen molar-refractivity contribution in [2.75, 3.05) is 26.7 Å². The number of nitrogens with one attached hydrogen (secondary N) is 1. The van der Waals surface area contributed by atoms with Crippen molar-refractivity contribution in [3.05, 3.63) is 110 Å². The first-order valence-electron chi connectivity index (χ1n) is 12.1. The van der Waals surface area contributed by atoms with Crippen LogP contribution in [0.3, 0.4) is 0 Å². The fourth-order valence-corrected chi connectivity index (χ4v) is 3.93. The van der Waals surface area contributed by atoms with Gasteiger partial charge in [0.1, 0.15) is 5.82 Å². The normalized spacial score (nSPS) is 19.2. The minimum atomic E-state index is -0.0370. The van der Waals surface area contributed by atoms with Crippen LogP contribution >= 0.6 is 0 Å². The number of benzene rings is 1. The third-order valence-electron chi connectivity index (χ3n) is 6.02. The standard InChI is InChI=1S/C14H22N2.C9H9F.C7H9N/c1-5-8-13(6-2)11-15-12(3)14-9-7-10-16(14)4;10-9-4-2-1-3-8(9)7-5-6-7;1-2-4-7-5-3-6-8-7/h5-6,8,14-15H,1-3,7,9-11H2,4H3;1-4,7H,5-6H2;2-3,5H,1,4,6H2/b13-8+;;. The highest BCUT2D eigenvalue weighted by Crippen LogP contribution is 2.40. The van der Waals surface area contributed by atoms with Gasteiger partial charge in [-0.05, 0) is 68.5 Å². The molecule has 1 aromatic carbocycles. The Labute approximate surface area is 205 Å². The Morgan fingerprint density at radius 1 is 1.21 bits per heavy atom. The number of allylic oxidation sites excluding steroid dienone is 4. The summed E-state index contributed by atoms with van der Waals surface area (Å²) >= 11 is 0. The highest BCUT2D eigenvalue weighted by atomic mass is 19.1. The predicted octanol–water partition coefficient (Wildman–Crippen LogP) is 6.76.